The molecular weight excluding hydrogens is 412 g/mol. The molecule has 4 nitrogen and oxygen atoms in total. The van der Waals surface area contributed by atoms with Crippen molar-refractivity contribution >= 4 is 5.97 Å². The van der Waals surface area contributed by atoms with E-state index in [-0.39, 0.29) is 12.5 Å². The molecule has 4 heteroatoms. The summed E-state index contributed by atoms with van der Waals surface area (Å²) >= 11 is 0. The standard InChI is InChI=1S/C29H34O4/c1-20(2)17-32-28-14-12-27(13-15-28)26-10-8-24(9-11-26)16-25(18-31-23(7)21(3)4)19-33-29(30)22(5)6/h8-15,25H,1,3,5,7,16-19H2,2,4,6H3. The van der Waals surface area contributed by atoms with Gasteiger partial charge in [-0.15, -0.1) is 0 Å². The van der Waals surface area contributed by atoms with E-state index in [4.69, 9.17) is 14.2 Å². The van der Waals surface area contributed by atoms with Gasteiger partial charge in [-0.2, -0.15) is 0 Å². The Hall–Kier alpha value is -3.53. The Bertz CT molecular complexity index is 967. The first-order valence-electron chi connectivity index (χ1n) is 10.9. The Morgan fingerprint density at radius 2 is 1.33 bits per heavy atom. The zero-order valence-electron chi connectivity index (χ0n) is 20.0. The summed E-state index contributed by atoms with van der Waals surface area (Å²) in [6, 6.07) is 16.4. The molecule has 1 atom stereocenters. The first-order valence-corrected chi connectivity index (χ1v) is 10.9. The molecule has 0 amide bonds. The maximum absolute atomic E-state index is 11.8. The van der Waals surface area contributed by atoms with Gasteiger partial charge in [0.05, 0.1) is 13.2 Å². The first-order chi connectivity index (χ1) is 15.7. The van der Waals surface area contributed by atoms with Gasteiger partial charge in [-0.1, -0.05) is 62.7 Å². The SMILES string of the molecule is C=C(C)COc1ccc(-c2ccc(CC(COC(=C)C(=C)C)COC(=O)C(=C)C)cc2)cc1. The van der Waals surface area contributed by atoms with Gasteiger partial charge < -0.3 is 14.2 Å². The Kier molecular flexibility index (Phi) is 9.74. The van der Waals surface area contributed by atoms with E-state index in [0.29, 0.717) is 31.0 Å². The Labute approximate surface area is 197 Å². The molecule has 174 valence electrons. The third kappa shape index (κ3) is 8.85. The maximum atomic E-state index is 11.8. The number of benzene rings is 2. The number of carbonyl (C=O) groups is 1. The van der Waals surface area contributed by atoms with E-state index >= 15 is 0 Å². The Balaban J connectivity index is 2.04. The average molecular weight is 447 g/mol. The number of rotatable bonds is 13. The van der Waals surface area contributed by atoms with Gasteiger partial charge in [0.2, 0.25) is 0 Å². The minimum absolute atomic E-state index is 0.0278. The van der Waals surface area contributed by atoms with Crippen LogP contribution in [-0.2, 0) is 20.7 Å². The van der Waals surface area contributed by atoms with E-state index in [1.165, 1.54) is 0 Å². The van der Waals surface area contributed by atoms with Gasteiger partial charge in [-0.05, 0) is 67.2 Å². The molecule has 0 radical (unpaired) electrons. The van der Waals surface area contributed by atoms with Crippen molar-refractivity contribution in [2.75, 3.05) is 19.8 Å². The lowest BCUT2D eigenvalue weighted by Gasteiger charge is -2.19. The fraction of sp³-hybridized carbons (Fsp3) is 0.276. The molecule has 0 aromatic heterocycles. The molecule has 33 heavy (non-hydrogen) atoms. The fourth-order valence-corrected chi connectivity index (χ4v) is 2.94. The van der Waals surface area contributed by atoms with Crippen LogP contribution in [0, 0.1) is 5.92 Å². The molecule has 0 aliphatic rings. The monoisotopic (exact) mass is 446 g/mol. The van der Waals surface area contributed by atoms with Gasteiger partial charge >= 0.3 is 5.97 Å². The average Bonchev–Trinajstić information content (AvgIpc) is 2.79. The highest BCUT2D eigenvalue weighted by atomic mass is 16.5. The molecule has 0 spiro atoms. The molecule has 0 fully saturated rings. The van der Waals surface area contributed by atoms with Gasteiger partial charge in [0, 0.05) is 11.5 Å². The lowest BCUT2D eigenvalue weighted by Crippen LogP contribution is -2.21. The second-order valence-corrected chi connectivity index (χ2v) is 8.43. The molecular formula is C29H34O4. The minimum Gasteiger partial charge on any atom is -0.494 e. The van der Waals surface area contributed by atoms with Crippen LogP contribution in [0.1, 0.15) is 26.3 Å². The minimum atomic E-state index is -0.398. The molecule has 0 heterocycles. The normalized spacial score (nSPS) is 11.2. The van der Waals surface area contributed by atoms with Crippen molar-refractivity contribution in [3.8, 4) is 16.9 Å². The van der Waals surface area contributed by atoms with Crippen molar-refractivity contribution in [2.24, 2.45) is 5.92 Å². The highest BCUT2D eigenvalue weighted by Gasteiger charge is 2.15. The van der Waals surface area contributed by atoms with Crippen molar-refractivity contribution in [1.82, 2.24) is 0 Å². The van der Waals surface area contributed by atoms with Crippen molar-refractivity contribution in [3.63, 3.8) is 0 Å². The quantitative estimate of drug-likeness (QED) is 0.113. The van der Waals surface area contributed by atoms with Crippen LogP contribution in [0.3, 0.4) is 0 Å². The Morgan fingerprint density at radius 1 is 0.788 bits per heavy atom. The van der Waals surface area contributed by atoms with Crippen LogP contribution >= 0.6 is 0 Å². The number of allylic oxidation sites excluding steroid dienone is 1. The van der Waals surface area contributed by atoms with Crippen molar-refractivity contribution in [3.05, 3.63) is 103 Å². The summed E-state index contributed by atoms with van der Waals surface area (Å²) < 4.78 is 16.8. The molecule has 0 aliphatic carbocycles. The smallest absolute Gasteiger partial charge is 0.333 e. The molecule has 0 N–H and O–H groups in total. The molecule has 2 aromatic rings. The van der Waals surface area contributed by atoms with Crippen LogP contribution in [0.5, 0.6) is 5.75 Å². The second kappa shape index (κ2) is 12.5. The zero-order chi connectivity index (χ0) is 24.4. The summed E-state index contributed by atoms with van der Waals surface area (Å²) in [6.45, 7) is 21.7. The Morgan fingerprint density at radius 3 is 1.85 bits per heavy atom. The van der Waals surface area contributed by atoms with Crippen LogP contribution in [0.2, 0.25) is 0 Å². The summed E-state index contributed by atoms with van der Waals surface area (Å²) in [6.07, 6.45) is 0.695. The summed E-state index contributed by atoms with van der Waals surface area (Å²) in [5.41, 5.74) is 5.48. The van der Waals surface area contributed by atoms with E-state index in [2.05, 4.69) is 50.6 Å². The van der Waals surface area contributed by atoms with Crippen LogP contribution in [0.25, 0.3) is 11.1 Å². The van der Waals surface area contributed by atoms with Gasteiger partial charge in [-0.25, -0.2) is 4.79 Å². The van der Waals surface area contributed by atoms with Crippen molar-refractivity contribution in [2.45, 2.75) is 27.2 Å². The van der Waals surface area contributed by atoms with Crippen LogP contribution in [0.4, 0.5) is 0 Å². The summed E-state index contributed by atoms with van der Waals surface area (Å²) in [7, 11) is 0. The molecule has 2 rings (SSSR count). The fourth-order valence-electron chi connectivity index (χ4n) is 2.94. The van der Waals surface area contributed by atoms with Crippen molar-refractivity contribution < 1.29 is 19.0 Å². The van der Waals surface area contributed by atoms with Gasteiger partial charge in [0.25, 0.3) is 0 Å². The van der Waals surface area contributed by atoms with Crippen molar-refractivity contribution in [1.29, 1.82) is 0 Å². The van der Waals surface area contributed by atoms with Crippen LogP contribution < -0.4 is 4.74 Å². The third-order valence-electron chi connectivity index (χ3n) is 4.92. The number of hydrogen-bond donors (Lipinski definition) is 0. The lowest BCUT2D eigenvalue weighted by atomic mass is 9.97. The molecule has 0 aliphatic heterocycles. The molecule has 2 aromatic carbocycles. The zero-order valence-corrected chi connectivity index (χ0v) is 20.0. The number of hydrogen-bond acceptors (Lipinski definition) is 4. The van der Waals surface area contributed by atoms with Gasteiger partial charge in [0.1, 0.15) is 18.1 Å². The molecule has 0 saturated carbocycles. The lowest BCUT2D eigenvalue weighted by molar-refractivity contribution is -0.140. The summed E-state index contributed by atoms with van der Waals surface area (Å²) in [4.78, 5) is 11.8. The largest absolute Gasteiger partial charge is 0.494 e. The maximum Gasteiger partial charge on any atom is 0.333 e. The predicted octanol–water partition coefficient (Wildman–Crippen LogP) is 6.69. The first kappa shape index (κ1) is 25.7. The molecule has 0 saturated heterocycles. The summed E-state index contributed by atoms with van der Waals surface area (Å²) in [5.74, 6) is 0.934. The topological polar surface area (TPSA) is 44.8 Å². The highest BCUT2D eigenvalue weighted by Crippen LogP contribution is 2.24. The van der Waals surface area contributed by atoms with Gasteiger partial charge in [0.15, 0.2) is 0 Å². The second-order valence-electron chi connectivity index (χ2n) is 8.43. The highest BCUT2D eigenvalue weighted by molar-refractivity contribution is 5.86. The number of carbonyl (C=O) groups excluding carboxylic acids is 1. The molecule has 0 bridgehead atoms. The summed E-state index contributed by atoms with van der Waals surface area (Å²) in [5, 5.41) is 0. The van der Waals surface area contributed by atoms with E-state index < -0.39 is 5.97 Å². The van der Waals surface area contributed by atoms with Gasteiger partial charge in [-0.3, -0.25) is 0 Å². The number of ether oxygens (including phenoxy) is 3. The third-order valence-corrected chi connectivity index (χ3v) is 4.92. The molecule has 1 unspecified atom stereocenters. The van der Waals surface area contributed by atoms with E-state index in [0.717, 1.165) is 33.6 Å². The van der Waals surface area contributed by atoms with Crippen LogP contribution in [0.15, 0.2) is 97.3 Å². The predicted molar refractivity (Wildman–Crippen MR) is 135 cm³/mol. The van der Waals surface area contributed by atoms with Crippen LogP contribution in [-0.4, -0.2) is 25.8 Å². The van der Waals surface area contributed by atoms with E-state index in [1.807, 2.05) is 38.1 Å². The number of esters is 1. The van der Waals surface area contributed by atoms with E-state index in [1.54, 1.807) is 6.92 Å². The van der Waals surface area contributed by atoms with E-state index in [9.17, 15) is 4.79 Å².